The number of benzene rings is 3. The van der Waals surface area contributed by atoms with Crippen LogP contribution in [-0.2, 0) is 17.9 Å². The molecule has 34 heavy (non-hydrogen) atoms. The standard InChI is InChI=1S/C26H22ClFN2O4/c1-16-6-5-7-17(10-16)15-34-24-20(27)11-18(13-23(24)33-2)12-22-25(31)30(26(32)29-22)14-19-8-3-4-9-21(19)28/h3-13H,14-15H2,1-2H3,(H,29,32)/b22-12+. The van der Waals surface area contributed by atoms with E-state index in [2.05, 4.69) is 5.32 Å². The maximum absolute atomic E-state index is 14.0. The Morgan fingerprint density at radius 3 is 2.62 bits per heavy atom. The second-order valence-corrected chi connectivity index (χ2v) is 8.19. The molecule has 8 heteroatoms. The number of carbonyl (C=O) groups excluding carboxylic acids is 2. The first-order valence-corrected chi connectivity index (χ1v) is 10.9. The van der Waals surface area contributed by atoms with Gasteiger partial charge in [0.05, 0.1) is 18.7 Å². The van der Waals surface area contributed by atoms with E-state index in [1.54, 1.807) is 24.3 Å². The maximum atomic E-state index is 14.0. The van der Waals surface area contributed by atoms with E-state index in [0.29, 0.717) is 28.7 Å². The summed E-state index contributed by atoms with van der Waals surface area (Å²) in [6, 6.07) is 16.5. The number of hydrogen-bond donors (Lipinski definition) is 1. The molecule has 3 aromatic rings. The number of methoxy groups -OCH3 is 1. The summed E-state index contributed by atoms with van der Waals surface area (Å²) in [7, 11) is 1.49. The Kier molecular flexibility index (Phi) is 6.84. The number of rotatable bonds is 7. The van der Waals surface area contributed by atoms with Crippen LogP contribution in [0.15, 0.2) is 66.4 Å². The number of aryl methyl sites for hydroxylation is 1. The molecular weight excluding hydrogens is 459 g/mol. The van der Waals surface area contributed by atoms with Crippen molar-refractivity contribution in [3.05, 3.63) is 99.5 Å². The fourth-order valence-electron chi connectivity index (χ4n) is 3.60. The zero-order valence-electron chi connectivity index (χ0n) is 18.6. The van der Waals surface area contributed by atoms with Gasteiger partial charge in [0, 0.05) is 5.56 Å². The van der Waals surface area contributed by atoms with Gasteiger partial charge in [-0.05, 0) is 42.3 Å². The minimum Gasteiger partial charge on any atom is -0.493 e. The van der Waals surface area contributed by atoms with E-state index in [4.69, 9.17) is 21.1 Å². The van der Waals surface area contributed by atoms with Crippen molar-refractivity contribution < 1.29 is 23.5 Å². The molecule has 0 bridgehead atoms. The lowest BCUT2D eigenvalue weighted by Gasteiger charge is -2.14. The van der Waals surface area contributed by atoms with Crippen molar-refractivity contribution in [3.63, 3.8) is 0 Å². The molecule has 6 nitrogen and oxygen atoms in total. The van der Waals surface area contributed by atoms with Crippen LogP contribution in [0.5, 0.6) is 11.5 Å². The van der Waals surface area contributed by atoms with Crippen LogP contribution in [0.1, 0.15) is 22.3 Å². The minimum atomic E-state index is -0.629. The van der Waals surface area contributed by atoms with Crippen LogP contribution in [0, 0.1) is 12.7 Å². The number of carbonyl (C=O) groups is 2. The molecule has 4 rings (SSSR count). The predicted octanol–water partition coefficient (Wildman–Crippen LogP) is 5.47. The molecule has 0 aromatic heterocycles. The number of amides is 3. The molecule has 1 N–H and O–H groups in total. The van der Waals surface area contributed by atoms with Crippen LogP contribution in [0.2, 0.25) is 5.02 Å². The highest BCUT2D eigenvalue weighted by Crippen LogP contribution is 2.37. The van der Waals surface area contributed by atoms with Gasteiger partial charge in [-0.3, -0.25) is 9.69 Å². The van der Waals surface area contributed by atoms with Gasteiger partial charge in [0.1, 0.15) is 18.1 Å². The van der Waals surface area contributed by atoms with Crippen LogP contribution in [0.3, 0.4) is 0 Å². The summed E-state index contributed by atoms with van der Waals surface area (Å²) in [6.07, 6.45) is 1.49. The summed E-state index contributed by atoms with van der Waals surface area (Å²) < 4.78 is 25.3. The van der Waals surface area contributed by atoms with E-state index in [1.165, 1.54) is 25.3 Å². The molecule has 174 valence electrons. The number of nitrogens with one attached hydrogen (secondary N) is 1. The second kappa shape index (κ2) is 9.97. The molecule has 0 saturated carbocycles. The molecule has 0 atom stereocenters. The first kappa shape index (κ1) is 23.3. The number of ether oxygens (including phenoxy) is 2. The lowest BCUT2D eigenvalue weighted by Crippen LogP contribution is -2.30. The second-order valence-electron chi connectivity index (χ2n) is 7.78. The Hall–Kier alpha value is -3.84. The molecule has 3 aromatic carbocycles. The molecule has 1 aliphatic heterocycles. The summed E-state index contributed by atoms with van der Waals surface area (Å²) in [5.41, 5.74) is 2.92. The summed E-state index contributed by atoms with van der Waals surface area (Å²) in [5.74, 6) is -0.302. The molecule has 1 aliphatic rings. The van der Waals surface area contributed by atoms with Crippen molar-refractivity contribution in [2.75, 3.05) is 7.11 Å². The Bertz CT molecular complexity index is 1290. The Labute approximate surface area is 201 Å². The number of hydrogen-bond acceptors (Lipinski definition) is 4. The zero-order chi connectivity index (χ0) is 24.2. The molecular formula is C26H22ClFN2O4. The van der Waals surface area contributed by atoms with E-state index in [-0.39, 0.29) is 17.8 Å². The Morgan fingerprint density at radius 1 is 1.09 bits per heavy atom. The Morgan fingerprint density at radius 2 is 1.88 bits per heavy atom. The van der Waals surface area contributed by atoms with Crippen molar-refractivity contribution in [3.8, 4) is 11.5 Å². The smallest absolute Gasteiger partial charge is 0.329 e. The van der Waals surface area contributed by atoms with Crippen molar-refractivity contribution in [2.24, 2.45) is 0 Å². The van der Waals surface area contributed by atoms with Gasteiger partial charge in [0.15, 0.2) is 11.5 Å². The number of nitrogens with zero attached hydrogens (tertiary/aromatic N) is 1. The van der Waals surface area contributed by atoms with E-state index in [9.17, 15) is 14.0 Å². The van der Waals surface area contributed by atoms with Gasteiger partial charge in [0.2, 0.25) is 0 Å². The average molecular weight is 481 g/mol. The van der Waals surface area contributed by atoms with Crippen LogP contribution < -0.4 is 14.8 Å². The Balaban J connectivity index is 1.54. The molecule has 3 amide bonds. The summed E-state index contributed by atoms with van der Waals surface area (Å²) in [5, 5.41) is 2.82. The third kappa shape index (κ3) is 5.05. The van der Waals surface area contributed by atoms with E-state index in [0.717, 1.165) is 16.0 Å². The highest BCUT2D eigenvalue weighted by atomic mass is 35.5. The van der Waals surface area contributed by atoms with Crippen molar-refractivity contribution in [1.82, 2.24) is 10.2 Å². The molecule has 0 radical (unpaired) electrons. The van der Waals surface area contributed by atoms with Gasteiger partial charge < -0.3 is 14.8 Å². The molecule has 1 heterocycles. The van der Waals surface area contributed by atoms with Crippen molar-refractivity contribution in [1.29, 1.82) is 0 Å². The van der Waals surface area contributed by atoms with Gasteiger partial charge in [-0.25, -0.2) is 9.18 Å². The zero-order valence-corrected chi connectivity index (χ0v) is 19.4. The topological polar surface area (TPSA) is 67.9 Å². The SMILES string of the molecule is COc1cc(/C=C2/NC(=O)N(Cc3ccccc3F)C2=O)cc(Cl)c1OCc1cccc(C)c1. The monoisotopic (exact) mass is 480 g/mol. The van der Waals surface area contributed by atoms with Crippen LogP contribution in [-0.4, -0.2) is 23.9 Å². The summed E-state index contributed by atoms with van der Waals surface area (Å²) in [4.78, 5) is 26.1. The molecule has 1 saturated heterocycles. The largest absolute Gasteiger partial charge is 0.493 e. The van der Waals surface area contributed by atoms with E-state index >= 15 is 0 Å². The first-order valence-electron chi connectivity index (χ1n) is 10.5. The molecule has 1 fully saturated rings. The molecule has 0 aliphatic carbocycles. The lowest BCUT2D eigenvalue weighted by molar-refractivity contribution is -0.123. The van der Waals surface area contributed by atoms with E-state index < -0.39 is 17.8 Å². The maximum Gasteiger partial charge on any atom is 0.329 e. The van der Waals surface area contributed by atoms with Gasteiger partial charge >= 0.3 is 6.03 Å². The molecule has 0 spiro atoms. The summed E-state index contributed by atoms with van der Waals surface area (Å²) >= 11 is 6.46. The number of urea groups is 1. The molecule has 0 unspecified atom stereocenters. The fourth-order valence-corrected chi connectivity index (χ4v) is 3.87. The van der Waals surface area contributed by atoms with Gasteiger partial charge in [-0.2, -0.15) is 0 Å². The fraction of sp³-hybridized carbons (Fsp3) is 0.154. The van der Waals surface area contributed by atoms with Crippen LogP contribution in [0.4, 0.5) is 9.18 Å². The highest BCUT2D eigenvalue weighted by Gasteiger charge is 2.34. The predicted molar refractivity (Wildman–Crippen MR) is 127 cm³/mol. The first-order chi connectivity index (χ1) is 16.4. The number of halogens is 2. The van der Waals surface area contributed by atoms with Crippen molar-refractivity contribution >= 4 is 29.6 Å². The normalized spacial score (nSPS) is 14.5. The van der Waals surface area contributed by atoms with Gasteiger partial charge in [-0.1, -0.05) is 59.6 Å². The lowest BCUT2D eigenvalue weighted by atomic mass is 10.1. The van der Waals surface area contributed by atoms with E-state index in [1.807, 2.05) is 31.2 Å². The van der Waals surface area contributed by atoms with Crippen LogP contribution in [0.25, 0.3) is 6.08 Å². The van der Waals surface area contributed by atoms with Crippen molar-refractivity contribution in [2.45, 2.75) is 20.1 Å². The minimum absolute atomic E-state index is 0.0490. The van der Waals surface area contributed by atoms with Crippen LogP contribution >= 0.6 is 11.6 Å². The third-order valence-corrected chi connectivity index (χ3v) is 5.56. The average Bonchev–Trinajstić information content (AvgIpc) is 3.06. The summed E-state index contributed by atoms with van der Waals surface area (Å²) in [6.45, 7) is 2.13. The van der Waals surface area contributed by atoms with Gasteiger partial charge in [-0.15, -0.1) is 0 Å². The third-order valence-electron chi connectivity index (χ3n) is 5.28. The van der Waals surface area contributed by atoms with Gasteiger partial charge in [0.25, 0.3) is 5.91 Å². The quantitative estimate of drug-likeness (QED) is 0.360. The number of imide groups is 1. The highest BCUT2D eigenvalue weighted by molar-refractivity contribution is 6.32.